The van der Waals surface area contributed by atoms with E-state index in [0.717, 1.165) is 24.5 Å². The van der Waals surface area contributed by atoms with Crippen molar-refractivity contribution in [1.82, 2.24) is 0 Å². The molecule has 0 radical (unpaired) electrons. The number of rotatable bonds is 6. The molecule has 0 aromatic heterocycles. The van der Waals surface area contributed by atoms with Crippen molar-refractivity contribution < 1.29 is 9.13 Å². The Kier molecular flexibility index (Phi) is 4.72. The summed E-state index contributed by atoms with van der Waals surface area (Å²) in [5.41, 5.74) is 6.91. The summed E-state index contributed by atoms with van der Waals surface area (Å²) < 4.78 is 18.8. The fourth-order valence-corrected chi connectivity index (χ4v) is 2.35. The van der Waals surface area contributed by atoms with Gasteiger partial charge in [-0.1, -0.05) is 31.4 Å². The van der Waals surface area contributed by atoms with Gasteiger partial charge in [-0.05, 0) is 37.0 Å². The summed E-state index contributed by atoms with van der Waals surface area (Å²) in [5.74, 6) is 0.614. The molecule has 1 fully saturated rings. The van der Waals surface area contributed by atoms with Gasteiger partial charge in [-0.2, -0.15) is 0 Å². The highest BCUT2D eigenvalue weighted by Gasteiger charge is 2.20. The van der Waals surface area contributed by atoms with Gasteiger partial charge in [0, 0.05) is 12.6 Å². The van der Waals surface area contributed by atoms with Crippen LogP contribution in [0.3, 0.4) is 0 Å². The third-order valence-corrected chi connectivity index (χ3v) is 3.72. The second-order valence-corrected chi connectivity index (χ2v) is 5.29. The fraction of sp³-hybridized carbons (Fsp3) is 0.600. The molecule has 0 heterocycles. The summed E-state index contributed by atoms with van der Waals surface area (Å²) in [5, 5.41) is 0. The van der Waals surface area contributed by atoms with Crippen LogP contribution in [0.1, 0.15) is 44.3 Å². The largest absolute Gasteiger partial charge is 0.372 e. The van der Waals surface area contributed by atoms with E-state index < -0.39 is 0 Å². The van der Waals surface area contributed by atoms with Gasteiger partial charge in [0.05, 0.1) is 6.10 Å². The van der Waals surface area contributed by atoms with E-state index in [-0.39, 0.29) is 18.0 Å². The van der Waals surface area contributed by atoms with E-state index in [0.29, 0.717) is 0 Å². The zero-order valence-corrected chi connectivity index (χ0v) is 10.9. The summed E-state index contributed by atoms with van der Waals surface area (Å²) >= 11 is 0. The second kappa shape index (κ2) is 6.30. The quantitative estimate of drug-likeness (QED) is 0.840. The smallest absolute Gasteiger partial charge is 0.123 e. The SMILES string of the molecule is CC(N)C(OCCC1CCC1)c1ccc(F)cc1. The molecule has 0 amide bonds. The van der Waals surface area contributed by atoms with Crippen LogP contribution >= 0.6 is 0 Å². The van der Waals surface area contributed by atoms with Crippen LogP contribution in [-0.2, 0) is 4.74 Å². The Labute approximate surface area is 108 Å². The number of nitrogens with two attached hydrogens (primary N) is 1. The molecule has 1 aromatic rings. The minimum Gasteiger partial charge on any atom is -0.372 e. The van der Waals surface area contributed by atoms with Gasteiger partial charge in [0.25, 0.3) is 0 Å². The fourth-order valence-electron chi connectivity index (χ4n) is 2.35. The number of hydrogen-bond donors (Lipinski definition) is 1. The Morgan fingerprint density at radius 3 is 2.50 bits per heavy atom. The van der Waals surface area contributed by atoms with Crippen molar-refractivity contribution in [3.63, 3.8) is 0 Å². The monoisotopic (exact) mass is 251 g/mol. The Balaban J connectivity index is 1.88. The van der Waals surface area contributed by atoms with Crippen molar-refractivity contribution in [2.75, 3.05) is 6.61 Å². The third kappa shape index (κ3) is 3.53. The molecular formula is C15H22FNO. The van der Waals surface area contributed by atoms with Crippen molar-refractivity contribution in [1.29, 1.82) is 0 Å². The van der Waals surface area contributed by atoms with Crippen molar-refractivity contribution in [2.45, 2.75) is 44.8 Å². The molecule has 1 aliphatic rings. The summed E-state index contributed by atoms with van der Waals surface area (Å²) in [7, 11) is 0. The maximum Gasteiger partial charge on any atom is 0.123 e. The lowest BCUT2D eigenvalue weighted by Crippen LogP contribution is -2.28. The lowest BCUT2D eigenvalue weighted by Gasteiger charge is -2.27. The van der Waals surface area contributed by atoms with E-state index in [1.54, 1.807) is 12.1 Å². The third-order valence-electron chi connectivity index (χ3n) is 3.72. The molecule has 0 aliphatic heterocycles. The zero-order valence-electron chi connectivity index (χ0n) is 10.9. The molecule has 100 valence electrons. The molecule has 2 unspecified atom stereocenters. The molecule has 1 saturated carbocycles. The van der Waals surface area contributed by atoms with Crippen LogP contribution in [0, 0.1) is 11.7 Å². The molecule has 0 spiro atoms. The van der Waals surface area contributed by atoms with E-state index >= 15 is 0 Å². The minimum atomic E-state index is -0.225. The maximum atomic E-state index is 12.9. The molecule has 1 aliphatic carbocycles. The van der Waals surface area contributed by atoms with Crippen molar-refractivity contribution >= 4 is 0 Å². The Hall–Kier alpha value is -0.930. The van der Waals surface area contributed by atoms with Gasteiger partial charge in [0.2, 0.25) is 0 Å². The first-order chi connectivity index (χ1) is 8.66. The van der Waals surface area contributed by atoms with Gasteiger partial charge in [-0.3, -0.25) is 0 Å². The summed E-state index contributed by atoms with van der Waals surface area (Å²) in [4.78, 5) is 0. The van der Waals surface area contributed by atoms with E-state index in [1.807, 2.05) is 6.92 Å². The topological polar surface area (TPSA) is 35.2 Å². The lowest BCUT2D eigenvalue weighted by atomic mass is 9.83. The molecule has 2 atom stereocenters. The molecule has 0 saturated heterocycles. The lowest BCUT2D eigenvalue weighted by molar-refractivity contribution is 0.0245. The molecule has 18 heavy (non-hydrogen) atoms. The Morgan fingerprint density at radius 2 is 2.00 bits per heavy atom. The normalized spacial score (nSPS) is 19.3. The highest BCUT2D eigenvalue weighted by Crippen LogP contribution is 2.30. The predicted octanol–water partition coefficient (Wildman–Crippen LogP) is 3.42. The molecule has 2 N–H and O–H groups in total. The van der Waals surface area contributed by atoms with Gasteiger partial charge >= 0.3 is 0 Å². The summed E-state index contributed by atoms with van der Waals surface area (Å²) in [6, 6.07) is 6.34. The first kappa shape index (κ1) is 13.5. The number of hydrogen-bond acceptors (Lipinski definition) is 2. The van der Waals surface area contributed by atoms with Gasteiger partial charge < -0.3 is 10.5 Å². The number of benzene rings is 1. The van der Waals surface area contributed by atoms with E-state index in [4.69, 9.17) is 10.5 Å². The van der Waals surface area contributed by atoms with Crippen LogP contribution in [0.4, 0.5) is 4.39 Å². The van der Waals surface area contributed by atoms with Crippen LogP contribution in [-0.4, -0.2) is 12.6 Å². The van der Waals surface area contributed by atoms with Gasteiger partial charge in [-0.25, -0.2) is 4.39 Å². The minimum absolute atomic E-state index is 0.0862. The van der Waals surface area contributed by atoms with Gasteiger partial charge in [0.1, 0.15) is 5.82 Å². The van der Waals surface area contributed by atoms with E-state index in [1.165, 1.54) is 31.4 Å². The van der Waals surface area contributed by atoms with E-state index in [9.17, 15) is 4.39 Å². The van der Waals surface area contributed by atoms with Gasteiger partial charge in [0.15, 0.2) is 0 Å². The highest BCUT2D eigenvalue weighted by molar-refractivity contribution is 5.19. The average molecular weight is 251 g/mol. The molecule has 1 aromatic carbocycles. The van der Waals surface area contributed by atoms with Crippen molar-refractivity contribution in [3.05, 3.63) is 35.6 Å². The van der Waals surface area contributed by atoms with Crippen LogP contribution in [0.5, 0.6) is 0 Å². The number of ether oxygens (including phenoxy) is 1. The first-order valence-corrected chi connectivity index (χ1v) is 6.79. The molecular weight excluding hydrogens is 229 g/mol. The van der Waals surface area contributed by atoms with Crippen LogP contribution in [0.15, 0.2) is 24.3 Å². The standard InChI is InChI=1S/C15H22FNO/c1-11(17)15(13-5-7-14(16)8-6-13)18-10-9-12-3-2-4-12/h5-8,11-12,15H,2-4,9-10,17H2,1H3. The predicted molar refractivity (Wildman–Crippen MR) is 70.7 cm³/mol. The van der Waals surface area contributed by atoms with E-state index in [2.05, 4.69) is 0 Å². The molecule has 0 bridgehead atoms. The van der Waals surface area contributed by atoms with Crippen molar-refractivity contribution in [2.24, 2.45) is 11.7 Å². The van der Waals surface area contributed by atoms with Crippen LogP contribution in [0.2, 0.25) is 0 Å². The van der Waals surface area contributed by atoms with Crippen molar-refractivity contribution in [3.8, 4) is 0 Å². The molecule has 2 nitrogen and oxygen atoms in total. The maximum absolute atomic E-state index is 12.9. The van der Waals surface area contributed by atoms with Gasteiger partial charge in [-0.15, -0.1) is 0 Å². The first-order valence-electron chi connectivity index (χ1n) is 6.79. The Morgan fingerprint density at radius 1 is 1.33 bits per heavy atom. The summed E-state index contributed by atoms with van der Waals surface area (Å²) in [6.07, 6.45) is 5.01. The van der Waals surface area contributed by atoms with Crippen LogP contribution in [0.25, 0.3) is 0 Å². The van der Waals surface area contributed by atoms with Crippen LogP contribution < -0.4 is 5.73 Å². The summed E-state index contributed by atoms with van der Waals surface area (Å²) in [6.45, 7) is 2.67. The zero-order chi connectivity index (χ0) is 13.0. The number of halogens is 1. The highest BCUT2D eigenvalue weighted by atomic mass is 19.1. The average Bonchev–Trinajstić information content (AvgIpc) is 2.28. The molecule has 3 heteroatoms. The second-order valence-electron chi connectivity index (χ2n) is 5.29. The Bertz CT molecular complexity index is 359. The molecule has 2 rings (SSSR count).